The topological polar surface area (TPSA) is 44.8 Å². The van der Waals surface area contributed by atoms with Crippen molar-refractivity contribution in [1.29, 1.82) is 0 Å². The first-order valence-corrected chi connectivity index (χ1v) is 9.05. The second-order valence-electron chi connectivity index (χ2n) is 6.87. The Kier molecular flexibility index (Phi) is 6.26. The Labute approximate surface area is 155 Å². The van der Waals surface area contributed by atoms with E-state index in [0.717, 1.165) is 25.3 Å². The molecule has 1 atom stereocenters. The number of anilines is 1. The lowest BCUT2D eigenvalue weighted by Gasteiger charge is -2.33. The fourth-order valence-corrected chi connectivity index (χ4v) is 3.12. The third kappa shape index (κ3) is 5.07. The van der Waals surface area contributed by atoms with Crippen LogP contribution in [0.2, 0.25) is 0 Å². The first kappa shape index (κ1) is 18.4. The molecule has 0 spiro atoms. The SMILES string of the molecule is CN(C)c1cccc(C(=O)NCC2CN(Cc3ccccc3)CCO2)c1. The van der Waals surface area contributed by atoms with Crippen LogP contribution in [0.4, 0.5) is 5.69 Å². The predicted molar refractivity (Wildman–Crippen MR) is 105 cm³/mol. The number of nitrogens with one attached hydrogen (secondary N) is 1. The first-order chi connectivity index (χ1) is 12.6. The number of hydrogen-bond acceptors (Lipinski definition) is 4. The fourth-order valence-electron chi connectivity index (χ4n) is 3.12. The lowest BCUT2D eigenvalue weighted by atomic mass is 10.1. The molecule has 0 aliphatic carbocycles. The maximum Gasteiger partial charge on any atom is 0.251 e. The molecule has 0 aromatic heterocycles. The standard InChI is InChI=1S/C21H27N3O2/c1-23(2)19-10-6-9-18(13-19)21(25)22-14-20-16-24(11-12-26-20)15-17-7-4-3-5-8-17/h3-10,13,20H,11-12,14-16H2,1-2H3,(H,22,25). The van der Waals surface area contributed by atoms with Crippen LogP contribution in [0.5, 0.6) is 0 Å². The maximum absolute atomic E-state index is 12.4. The Morgan fingerprint density at radius 1 is 1.19 bits per heavy atom. The molecule has 1 aliphatic rings. The van der Waals surface area contributed by atoms with Crippen LogP contribution in [0.25, 0.3) is 0 Å². The largest absolute Gasteiger partial charge is 0.378 e. The number of morpholine rings is 1. The molecule has 5 heteroatoms. The molecule has 5 nitrogen and oxygen atoms in total. The van der Waals surface area contributed by atoms with Crippen molar-refractivity contribution in [3.05, 3.63) is 65.7 Å². The highest BCUT2D eigenvalue weighted by molar-refractivity contribution is 5.95. The number of rotatable bonds is 6. The fraction of sp³-hybridized carbons (Fsp3) is 0.381. The highest BCUT2D eigenvalue weighted by atomic mass is 16.5. The molecule has 1 aliphatic heterocycles. The van der Waals surface area contributed by atoms with Crippen LogP contribution in [-0.2, 0) is 11.3 Å². The minimum absolute atomic E-state index is 0.0217. The van der Waals surface area contributed by atoms with Crippen molar-refractivity contribution in [2.45, 2.75) is 12.6 Å². The Hall–Kier alpha value is -2.37. The zero-order valence-corrected chi connectivity index (χ0v) is 15.5. The molecule has 26 heavy (non-hydrogen) atoms. The molecule has 138 valence electrons. The molecule has 0 saturated carbocycles. The molecule has 2 aromatic rings. The zero-order chi connectivity index (χ0) is 18.4. The van der Waals surface area contributed by atoms with E-state index in [9.17, 15) is 4.79 Å². The van der Waals surface area contributed by atoms with Crippen molar-refractivity contribution in [1.82, 2.24) is 10.2 Å². The van der Waals surface area contributed by atoms with Gasteiger partial charge in [-0.3, -0.25) is 9.69 Å². The van der Waals surface area contributed by atoms with Crippen LogP contribution in [0.15, 0.2) is 54.6 Å². The average Bonchev–Trinajstić information content (AvgIpc) is 2.67. The van der Waals surface area contributed by atoms with Gasteiger partial charge in [0.15, 0.2) is 0 Å². The second-order valence-corrected chi connectivity index (χ2v) is 6.87. The van der Waals surface area contributed by atoms with Gasteiger partial charge in [0.1, 0.15) is 0 Å². The third-order valence-electron chi connectivity index (χ3n) is 4.59. The van der Waals surface area contributed by atoms with Crippen molar-refractivity contribution >= 4 is 11.6 Å². The van der Waals surface area contributed by atoms with E-state index in [1.165, 1.54) is 5.56 Å². The molecule has 0 radical (unpaired) electrons. The average molecular weight is 353 g/mol. The van der Waals surface area contributed by atoms with E-state index in [0.29, 0.717) is 18.7 Å². The van der Waals surface area contributed by atoms with Crippen LogP contribution in [0.3, 0.4) is 0 Å². The van der Waals surface area contributed by atoms with Crippen molar-refractivity contribution in [2.24, 2.45) is 0 Å². The molecule has 3 rings (SSSR count). The summed E-state index contributed by atoms with van der Waals surface area (Å²) >= 11 is 0. The van der Waals surface area contributed by atoms with Crippen LogP contribution < -0.4 is 10.2 Å². The smallest absolute Gasteiger partial charge is 0.251 e. The third-order valence-corrected chi connectivity index (χ3v) is 4.59. The van der Waals surface area contributed by atoms with Gasteiger partial charge in [0.05, 0.1) is 12.7 Å². The summed E-state index contributed by atoms with van der Waals surface area (Å²) in [6, 6.07) is 18.1. The molecule has 0 bridgehead atoms. The van der Waals surface area contributed by atoms with E-state index >= 15 is 0 Å². The van der Waals surface area contributed by atoms with E-state index in [4.69, 9.17) is 4.74 Å². The maximum atomic E-state index is 12.4. The number of amides is 1. The molecule has 1 N–H and O–H groups in total. The first-order valence-electron chi connectivity index (χ1n) is 9.05. The summed E-state index contributed by atoms with van der Waals surface area (Å²) < 4.78 is 5.83. The van der Waals surface area contributed by atoms with Crippen molar-refractivity contribution in [3.63, 3.8) is 0 Å². The molecule has 2 aromatic carbocycles. The number of carbonyl (C=O) groups is 1. The van der Waals surface area contributed by atoms with Gasteiger partial charge in [-0.15, -0.1) is 0 Å². The Bertz CT molecular complexity index is 718. The van der Waals surface area contributed by atoms with Gasteiger partial charge in [-0.1, -0.05) is 36.4 Å². The lowest BCUT2D eigenvalue weighted by Crippen LogP contribution is -2.47. The summed E-state index contributed by atoms with van der Waals surface area (Å²) in [5, 5.41) is 3.01. The highest BCUT2D eigenvalue weighted by Gasteiger charge is 2.21. The summed E-state index contributed by atoms with van der Waals surface area (Å²) in [5.74, 6) is -0.0579. The summed E-state index contributed by atoms with van der Waals surface area (Å²) in [5.41, 5.74) is 2.99. The minimum Gasteiger partial charge on any atom is -0.378 e. The minimum atomic E-state index is -0.0579. The molecule has 1 heterocycles. The van der Waals surface area contributed by atoms with Gasteiger partial charge in [-0.05, 0) is 23.8 Å². The van der Waals surface area contributed by atoms with Crippen molar-refractivity contribution in [2.75, 3.05) is 45.2 Å². The molecular weight excluding hydrogens is 326 g/mol. The highest BCUT2D eigenvalue weighted by Crippen LogP contribution is 2.14. The number of carbonyl (C=O) groups excluding carboxylic acids is 1. The van der Waals surface area contributed by atoms with Crippen LogP contribution in [0.1, 0.15) is 15.9 Å². The predicted octanol–water partition coefficient (Wildman–Crippen LogP) is 2.38. The Morgan fingerprint density at radius 3 is 2.77 bits per heavy atom. The van der Waals surface area contributed by atoms with Crippen LogP contribution in [0, 0.1) is 0 Å². The Morgan fingerprint density at radius 2 is 2.00 bits per heavy atom. The summed E-state index contributed by atoms with van der Waals surface area (Å²) in [4.78, 5) is 16.8. The van der Waals surface area contributed by atoms with Gasteiger partial charge in [0, 0.05) is 51.5 Å². The van der Waals surface area contributed by atoms with Gasteiger partial charge in [-0.25, -0.2) is 0 Å². The lowest BCUT2D eigenvalue weighted by molar-refractivity contribution is -0.0292. The van der Waals surface area contributed by atoms with Gasteiger partial charge in [0.25, 0.3) is 5.91 Å². The molecule has 1 amide bonds. The van der Waals surface area contributed by atoms with E-state index in [1.54, 1.807) is 0 Å². The zero-order valence-electron chi connectivity index (χ0n) is 15.5. The molecule has 1 saturated heterocycles. The molecule has 1 fully saturated rings. The van der Waals surface area contributed by atoms with E-state index in [2.05, 4.69) is 34.5 Å². The van der Waals surface area contributed by atoms with Crippen molar-refractivity contribution in [3.8, 4) is 0 Å². The van der Waals surface area contributed by atoms with E-state index in [-0.39, 0.29) is 12.0 Å². The Balaban J connectivity index is 1.51. The summed E-state index contributed by atoms with van der Waals surface area (Å²) in [7, 11) is 3.93. The van der Waals surface area contributed by atoms with E-state index in [1.807, 2.05) is 49.3 Å². The van der Waals surface area contributed by atoms with E-state index < -0.39 is 0 Å². The monoisotopic (exact) mass is 353 g/mol. The van der Waals surface area contributed by atoms with Crippen LogP contribution in [-0.4, -0.2) is 57.2 Å². The van der Waals surface area contributed by atoms with Gasteiger partial charge in [0.2, 0.25) is 0 Å². The molecular formula is C21H27N3O2. The number of benzene rings is 2. The van der Waals surface area contributed by atoms with Gasteiger partial charge >= 0.3 is 0 Å². The van der Waals surface area contributed by atoms with Crippen LogP contribution >= 0.6 is 0 Å². The quantitative estimate of drug-likeness (QED) is 0.866. The molecule has 1 unspecified atom stereocenters. The number of ether oxygens (including phenoxy) is 1. The van der Waals surface area contributed by atoms with Crippen molar-refractivity contribution < 1.29 is 9.53 Å². The summed E-state index contributed by atoms with van der Waals surface area (Å²) in [6.07, 6.45) is 0.0217. The van der Waals surface area contributed by atoms with Gasteiger partial charge in [-0.2, -0.15) is 0 Å². The van der Waals surface area contributed by atoms with Gasteiger partial charge < -0.3 is 15.0 Å². The normalized spacial score (nSPS) is 17.7. The number of nitrogens with zero attached hydrogens (tertiary/aromatic N) is 2. The number of hydrogen-bond donors (Lipinski definition) is 1. The second kappa shape index (κ2) is 8.83. The summed E-state index contributed by atoms with van der Waals surface area (Å²) in [6.45, 7) is 3.89.